The average molecular weight is 263 g/mol. The van der Waals surface area contributed by atoms with E-state index in [9.17, 15) is 9.90 Å². The molecule has 2 fully saturated rings. The second kappa shape index (κ2) is 5.31. The number of nitrogens with one attached hydrogen (secondary N) is 1. The van der Waals surface area contributed by atoms with Gasteiger partial charge in [0.1, 0.15) is 5.82 Å². The van der Waals surface area contributed by atoms with Crippen LogP contribution >= 0.6 is 0 Å². The molecule has 3 rings (SSSR count). The molecule has 104 valence electrons. The fraction of sp³-hybridized carbons (Fsp3) is 0.786. The van der Waals surface area contributed by atoms with Crippen LogP contribution in [0.25, 0.3) is 0 Å². The van der Waals surface area contributed by atoms with E-state index in [1.54, 1.807) is 0 Å². The van der Waals surface area contributed by atoms with Gasteiger partial charge in [-0.2, -0.15) is 5.10 Å². The minimum Gasteiger partial charge on any atom is -0.481 e. The van der Waals surface area contributed by atoms with Gasteiger partial charge >= 0.3 is 5.97 Å². The second-order valence-corrected chi connectivity index (χ2v) is 5.90. The zero-order valence-corrected chi connectivity index (χ0v) is 11.1. The molecule has 0 amide bonds. The minimum atomic E-state index is -0.691. The van der Waals surface area contributed by atoms with Crippen molar-refractivity contribution in [3.05, 3.63) is 11.6 Å². The summed E-state index contributed by atoms with van der Waals surface area (Å²) in [5.74, 6) is 1.23. The van der Waals surface area contributed by atoms with Crippen LogP contribution in [0.2, 0.25) is 0 Å². The maximum atomic E-state index is 11.3. The molecule has 2 unspecified atom stereocenters. The molecule has 0 spiro atoms. The number of aromatic amines is 1. The molecule has 0 saturated heterocycles. The number of hydrogen-bond donors (Lipinski definition) is 2. The van der Waals surface area contributed by atoms with Crippen molar-refractivity contribution < 1.29 is 9.90 Å². The maximum Gasteiger partial charge on any atom is 0.307 e. The molecule has 0 bridgehead atoms. The molecule has 2 saturated carbocycles. The molecular weight excluding hydrogens is 242 g/mol. The summed E-state index contributed by atoms with van der Waals surface area (Å²) < 4.78 is 0. The third kappa shape index (κ3) is 2.51. The van der Waals surface area contributed by atoms with Crippen molar-refractivity contribution in [1.82, 2.24) is 15.2 Å². The van der Waals surface area contributed by atoms with Gasteiger partial charge < -0.3 is 5.11 Å². The van der Waals surface area contributed by atoms with Crippen LogP contribution in [0.1, 0.15) is 74.9 Å². The molecule has 2 atom stereocenters. The summed E-state index contributed by atoms with van der Waals surface area (Å²) >= 11 is 0. The van der Waals surface area contributed by atoms with Crippen LogP contribution in [0.3, 0.4) is 0 Å². The highest BCUT2D eigenvalue weighted by atomic mass is 16.4. The lowest BCUT2D eigenvalue weighted by molar-refractivity contribution is -0.143. The molecule has 1 aromatic heterocycles. The van der Waals surface area contributed by atoms with Crippen LogP contribution in [0.5, 0.6) is 0 Å². The summed E-state index contributed by atoms with van der Waals surface area (Å²) in [6, 6.07) is 0. The third-order valence-electron chi connectivity index (χ3n) is 4.67. The van der Waals surface area contributed by atoms with Gasteiger partial charge in [-0.1, -0.05) is 25.7 Å². The zero-order chi connectivity index (χ0) is 13.2. The molecule has 2 aliphatic carbocycles. The summed E-state index contributed by atoms with van der Waals surface area (Å²) in [5, 5.41) is 16.7. The highest BCUT2D eigenvalue weighted by Gasteiger charge is 2.34. The summed E-state index contributed by atoms with van der Waals surface area (Å²) in [5.41, 5.74) is 0. The monoisotopic (exact) mass is 263 g/mol. The summed E-state index contributed by atoms with van der Waals surface area (Å²) in [6.07, 6.45) is 8.64. The van der Waals surface area contributed by atoms with E-state index < -0.39 is 5.97 Å². The van der Waals surface area contributed by atoms with Crippen LogP contribution in [-0.2, 0) is 4.79 Å². The van der Waals surface area contributed by atoms with Crippen LogP contribution in [0.4, 0.5) is 0 Å². The Balaban J connectivity index is 1.78. The minimum absolute atomic E-state index is 0.0221. The highest BCUT2D eigenvalue weighted by Crippen LogP contribution is 2.38. The second-order valence-electron chi connectivity index (χ2n) is 5.90. The van der Waals surface area contributed by atoms with Crippen LogP contribution < -0.4 is 0 Å². The first kappa shape index (κ1) is 12.6. The van der Waals surface area contributed by atoms with Gasteiger partial charge in [-0.15, -0.1) is 0 Å². The van der Waals surface area contributed by atoms with E-state index in [0.29, 0.717) is 5.92 Å². The van der Waals surface area contributed by atoms with Gasteiger partial charge in [0.2, 0.25) is 0 Å². The number of aliphatic carboxylic acids is 1. The Morgan fingerprint density at radius 1 is 1.11 bits per heavy atom. The molecule has 1 aromatic rings. The highest BCUT2D eigenvalue weighted by molar-refractivity contribution is 5.71. The molecule has 19 heavy (non-hydrogen) atoms. The van der Waals surface area contributed by atoms with E-state index in [4.69, 9.17) is 0 Å². The SMILES string of the molecule is O=C(O)C1CCCCC1c1nc(C2CCCC2)n[nH]1. The number of rotatable bonds is 3. The van der Waals surface area contributed by atoms with E-state index in [2.05, 4.69) is 15.2 Å². The topological polar surface area (TPSA) is 78.9 Å². The van der Waals surface area contributed by atoms with Crippen LogP contribution in [-0.4, -0.2) is 26.3 Å². The third-order valence-corrected chi connectivity index (χ3v) is 4.67. The number of nitrogens with zero attached hydrogens (tertiary/aromatic N) is 2. The Bertz CT molecular complexity index is 451. The van der Waals surface area contributed by atoms with Crippen molar-refractivity contribution in [2.24, 2.45) is 5.92 Å². The Morgan fingerprint density at radius 3 is 2.53 bits per heavy atom. The fourth-order valence-corrected chi connectivity index (χ4v) is 3.57. The largest absolute Gasteiger partial charge is 0.481 e. The number of carbonyl (C=O) groups is 1. The van der Waals surface area contributed by atoms with Crippen LogP contribution in [0.15, 0.2) is 0 Å². The van der Waals surface area contributed by atoms with Crippen molar-refractivity contribution in [2.75, 3.05) is 0 Å². The van der Waals surface area contributed by atoms with Crippen LogP contribution in [0, 0.1) is 5.92 Å². The number of carboxylic acid groups (broad SMARTS) is 1. The van der Waals surface area contributed by atoms with E-state index in [-0.39, 0.29) is 11.8 Å². The van der Waals surface area contributed by atoms with Gasteiger partial charge in [-0.05, 0) is 25.7 Å². The predicted molar refractivity (Wildman–Crippen MR) is 69.9 cm³/mol. The first-order valence-electron chi connectivity index (χ1n) is 7.40. The van der Waals surface area contributed by atoms with Gasteiger partial charge in [-0.25, -0.2) is 4.98 Å². The number of aromatic nitrogens is 3. The Labute approximate surface area is 112 Å². The van der Waals surface area contributed by atoms with Gasteiger partial charge in [0.25, 0.3) is 0 Å². The maximum absolute atomic E-state index is 11.3. The summed E-state index contributed by atoms with van der Waals surface area (Å²) in [4.78, 5) is 16.0. The molecule has 0 aliphatic heterocycles. The molecule has 2 N–H and O–H groups in total. The fourth-order valence-electron chi connectivity index (χ4n) is 3.57. The molecule has 1 heterocycles. The standard InChI is InChI=1S/C14H21N3O2/c18-14(19)11-8-4-3-7-10(11)13-15-12(16-17-13)9-5-1-2-6-9/h9-11H,1-8H2,(H,18,19)(H,15,16,17). The Morgan fingerprint density at radius 2 is 1.79 bits per heavy atom. The van der Waals surface area contributed by atoms with Crippen molar-refractivity contribution in [3.8, 4) is 0 Å². The van der Waals surface area contributed by atoms with Gasteiger partial charge in [0, 0.05) is 11.8 Å². The number of carboxylic acids is 1. The first-order chi connectivity index (χ1) is 9.25. The smallest absolute Gasteiger partial charge is 0.307 e. The summed E-state index contributed by atoms with van der Waals surface area (Å²) in [6.45, 7) is 0. The molecule has 0 aromatic carbocycles. The Hall–Kier alpha value is -1.39. The lowest BCUT2D eigenvalue weighted by Crippen LogP contribution is -2.26. The lowest BCUT2D eigenvalue weighted by Gasteiger charge is -2.26. The van der Waals surface area contributed by atoms with E-state index in [0.717, 1.165) is 37.3 Å². The number of H-pyrrole nitrogens is 1. The van der Waals surface area contributed by atoms with E-state index in [1.165, 1.54) is 25.7 Å². The predicted octanol–water partition coefficient (Wildman–Crippen LogP) is 2.82. The average Bonchev–Trinajstić information content (AvgIpc) is 3.09. The van der Waals surface area contributed by atoms with Crippen molar-refractivity contribution in [2.45, 2.75) is 63.2 Å². The molecular formula is C14H21N3O2. The first-order valence-corrected chi connectivity index (χ1v) is 7.40. The Kier molecular flexibility index (Phi) is 3.53. The lowest BCUT2D eigenvalue weighted by atomic mass is 9.79. The normalized spacial score (nSPS) is 28.6. The molecule has 0 radical (unpaired) electrons. The van der Waals surface area contributed by atoms with Crippen molar-refractivity contribution in [3.63, 3.8) is 0 Å². The van der Waals surface area contributed by atoms with E-state index in [1.807, 2.05) is 0 Å². The molecule has 5 heteroatoms. The van der Waals surface area contributed by atoms with Gasteiger partial charge in [0.05, 0.1) is 5.92 Å². The van der Waals surface area contributed by atoms with Gasteiger partial charge in [-0.3, -0.25) is 9.89 Å². The molecule has 2 aliphatic rings. The van der Waals surface area contributed by atoms with E-state index >= 15 is 0 Å². The van der Waals surface area contributed by atoms with Crippen molar-refractivity contribution in [1.29, 1.82) is 0 Å². The van der Waals surface area contributed by atoms with Crippen molar-refractivity contribution >= 4 is 5.97 Å². The quantitative estimate of drug-likeness (QED) is 0.878. The molecule has 5 nitrogen and oxygen atoms in total. The van der Waals surface area contributed by atoms with Gasteiger partial charge in [0.15, 0.2) is 5.82 Å². The summed E-state index contributed by atoms with van der Waals surface area (Å²) in [7, 11) is 0. The number of hydrogen-bond acceptors (Lipinski definition) is 3. The zero-order valence-electron chi connectivity index (χ0n) is 11.1.